The Morgan fingerprint density at radius 1 is 1.31 bits per heavy atom. The summed E-state index contributed by atoms with van der Waals surface area (Å²) in [6.07, 6.45) is 1.04. The third kappa shape index (κ3) is 5.21. The van der Waals surface area contributed by atoms with Gasteiger partial charge in [0.1, 0.15) is 0 Å². The molecule has 1 aliphatic heterocycles. The second kappa shape index (κ2) is 5.92. The lowest BCUT2D eigenvalue weighted by Gasteiger charge is -2.37. The van der Waals surface area contributed by atoms with Crippen molar-refractivity contribution in [3.63, 3.8) is 0 Å². The van der Waals surface area contributed by atoms with Crippen LogP contribution >= 0.6 is 0 Å². The minimum Gasteiger partial charge on any atom is -0.311 e. The number of likely N-dealkylation sites (tertiary alicyclic amines) is 1. The number of alkyl halides is 2. The van der Waals surface area contributed by atoms with Crippen molar-refractivity contribution in [2.24, 2.45) is 0 Å². The van der Waals surface area contributed by atoms with Gasteiger partial charge in [-0.15, -0.1) is 0 Å². The molecule has 0 aromatic heterocycles. The van der Waals surface area contributed by atoms with Crippen molar-refractivity contribution in [3.05, 3.63) is 0 Å². The standard InChI is InChI=1S/C12H24F2N2/c1-12(2,3)15-8-10-6-4-5-7-16(10)9-11(13)14/h10-11,15H,4-9H2,1-3H3. The number of hydrogen-bond acceptors (Lipinski definition) is 2. The average Bonchev–Trinajstić information content (AvgIpc) is 2.14. The molecule has 1 heterocycles. The molecular formula is C12H24F2N2. The minimum atomic E-state index is -2.21. The zero-order valence-electron chi connectivity index (χ0n) is 10.6. The Bertz CT molecular complexity index is 202. The van der Waals surface area contributed by atoms with E-state index in [0.29, 0.717) is 0 Å². The Morgan fingerprint density at radius 3 is 2.56 bits per heavy atom. The van der Waals surface area contributed by atoms with E-state index < -0.39 is 6.43 Å². The van der Waals surface area contributed by atoms with Gasteiger partial charge in [-0.25, -0.2) is 8.78 Å². The van der Waals surface area contributed by atoms with E-state index in [0.717, 1.165) is 32.4 Å². The molecule has 1 saturated heterocycles. The van der Waals surface area contributed by atoms with Crippen molar-refractivity contribution in [2.45, 2.75) is 58.0 Å². The molecule has 0 saturated carbocycles. The molecule has 96 valence electrons. The van der Waals surface area contributed by atoms with E-state index in [9.17, 15) is 8.78 Å². The summed E-state index contributed by atoms with van der Waals surface area (Å²) >= 11 is 0. The third-order valence-electron chi connectivity index (χ3n) is 2.99. The van der Waals surface area contributed by atoms with Gasteiger partial charge >= 0.3 is 0 Å². The zero-order chi connectivity index (χ0) is 12.2. The van der Waals surface area contributed by atoms with E-state index in [2.05, 4.69) is 26.1 Å². The molecule has 0 radical (unpaired) electrons. The summed E-state index contributed by atoms with van der Waals surface area (Å²) in [5.41, 5.74) is 0.0634. The van der Waals surface area contributed by atoms with E-state index >= 15 is 0 Å². The predicted octanol–water partition coefficient (Wildman–Crippen LogP) is 2.49. The molecule has 1 rings (SSSR count). The summed E-state index contributed by atoms with van der Waals surface area (Å²) < 4.78 is 24.8. The molecule has 1 aliphatic rings. The molecule has 1 N–H and O–H groups in total. The summed E-state index contributed by atoms with van der Waals surface area (Å²) in [5, 5.41) is 3.41. The lowest BCUT2D eigenvalue weighted by Crippen LogP contribution is -2.50. The maximum Gasteiger partial charge on any atom is 0.251 e. The summed E-state index contributed by atoms with van der Waals surface area (Å²) in [7, 11) is 0. The molecule has 4 heteroatoms. The van der Waals surface area contributed by atoms with Crippen LogP contribution in [0.25, 0.3) is 0 Å². The Hall–Kier alpha value is -0.220. The number of hydrogen-bond donors (Lipinski definition) is 1. The van der Waals surface area contributed by atoms with Gasteiger partial charge in [0.05, 0.1) is 6.54 Å². The van der Waals surface area contributed by atoms with Crippen LogP contribution in [0.4, 0.5) is 8.78 Å². The molecule has 0 bridgehead atoms. The molecule has 1 atom stereocenters. The Balaban J connectivity index is 2.41. The van der Waals surface area contributed by atoms with E-state index in [4.69, 9.17) is 0 Å². The first-order valence-corrected chi connectivity index (χ1v) is 6.16. The summed E-state index contributed by atoms with van der Waals surface area (Å²) in [4.78, 5) is 1.94. The molecule has 0 aromatic rings. The van der Waals surface area contributed by atoms with E-state index in [1.165, 1.54) is 0 Å². The largest absolute Gasteiger partial charge is 0.311 e. The second-order valence-corrected chi connectivity index (χ2v) is 5.67. The Morgan fingerprint density at radius 2 is 2.00 bits per heavy atom. The maximum atomic E-state index is 12.4. The van der Waals surface area contributed by atoms with Crippen molar-refractivity contribution in [1.82, 2.24) is 10.2 Å². The van der Waals surface area contributed by atoms with Crippen LogP contribution in [0, 0.1) is 0 Å². The van der Waals surface area contributed by atoms with Gasteiger partial charge in [-0.1, -0.05) is 6.42 Å². The Labute approximate surface area is 97.4 Å². The highest BCUT2D eigenvalue weighted by molar-refractivity contribution is 4.82. The predicted molar refractivity (Wildman–Crippen MR) is 63.0 cm³/mol. The van der Waals surface area contributed by atoms with Crippen LogP contribution in [0.3, 0.4) is 0 Å². The van der Waals surface area contributed by atoms with Crippen LogP contribution in [-0.2, 0) is 0 Å². The highest BCUT2D eigenvalue weighted by atomic mass is 19.3. The van der Waals surface area contributed by atoms with E-state index in [1.54, 1.807) is 0 Å². The fourth-order valence-electron chi connectivity index (χ4n) is 2.13. The Kier molecular flexibility index (Phi) is 5.12. The van der Waals surface area contributed by atoms with Crippen molar-refractivity contribution < 1.29 is 8.78 Å². The van der Waals surface area contributed by atoms with Gasteiger partial charge in [-0.3, -0.25) is 4.90 Å². The van der Waals surface area contributed by atoms with Gasteiger partial charge in [-0.2, -0.15) is 0 Å². The van der Waals surface area contributed by atoms with Crippen LogP contribution in [0.5, 0.6) is 0 Å². The van der Waals surface area contributed by atoms with Gasteiger partial charge < -0.3 is 5.32 Å². The van der Waals surface area contributed by atoms with Crippen LogP contribution in [0.15, 0.2) is 0 Å². The SMILES string of the molecule is CC(C)(C)NCC1CCCCN1CC(F)F. The zero-order valence-corrected chi connectivity index (χ0v) is 10.6. The van der Waals surface area contributed by atoms with Crippen molar-refractivity contribution in [1.29, 1.82) is 0 Å². The quantitative estimate of drug-likeness (QED) is 0.804. The molecule has 0 amide bonds. The van der Waals surface area contributed by atoms with Crippen molar-refractivity contribution in [2.75, 3.05) is 19.6 Å². The van der Waals surface area contributed by atoms with Gasteiger partial charge in [0.15, 0.2) is 0 Å². The van der Waals surface area contributed by atoms with Gasteiger partial charge in [-0.05, 0) is 40.2 Å². The maximum absolute atomic E-state index is 12.4. The number of nitrogens with zero attached hydrogens (tertiary/aromatic N) is 1. The monoisotopic (exact) mass is 234 g/mol. The van der Waals surface area contributed by atoms with Crippen LogP contribution < -0.4 is 5.32 Å². The van der Waals surface area contributed by atoms with Crippen molar-refractivity contribution in [3.8, 4) is 0 Å². The third-order valence-corrected chi connectivity index (χ3v) is 2.99. The molecule has 2 nitrogen and oxygen atoms in total. The first-order chi connectivity index (χ1) is 7.38. The molecule has 1 fully saturated rings. The van der Waals surface area contributed by atoms with Crippen LogP contribution in [0.1, 0.15) is 40.0 Å². The number of nitrogens with one attached hydrogen (secondary N) is 1. The number of piperidine rings is 1. The average molecular weight is 234 g/mol. The normalized spacial score (nSPS) is 24.0. The number of rotatable bonds is 4. The first-order valence-electron chi connectivity index (χ1n) is 6.16. The van der Waals surface area contributed by atoms with Gasteiger partial charge in [0.25, 0.3) is 6.43 Å². The highest BCUT2D eigenvalue weighted by Crippen LogP contribution is 2.18. The topological polar surface area (TPSA) is 15.3 Å². The van der Waals surface area contributed by atoms with Crippen molar-refractivity contribution >= 4 is 0 Å². The summed E-state index contributed by atoms with van der Waals surface area (Å²) in [6.45, 7) is 7.88. The molecule has 16 heavy (non-hydrogen) atoms. The number of halogens is 2. The first kappa shape index (κ1) is 13.8. The lowest BCUT2D eigenvalue weighted by atomic mass is 10.0. The van der Waals surface area contributed by atoms with E-state index in [1.807, 2.05) is 4.90 Å². The summed E-state index contributed by atoms with van der Waals surface area (Å²) in [6, 6.07) is 0.280. The minimum absolute atomic E-state index is 0.0634. The van der Waals surface area contributed by atoms with Crippen LogP contribution in [0.2, 0.25) is 0 Å². The molecular weight excluding hydrogens is 210 g/mol. The lowest BCUT2D eigenvalue weighted by molar-refractivity contribution is 0.0474. The summed E-state index contributed by atoms with van der Waals surface area (Å²) in [5.74, 6) is 0. The van der Waals surface area contributed by atoms with Crippen LogP contribution in [-0.4, -0.2) is 42.5 Å². The fraction of sp³-hybridized carbons (Fsp3) is 1.00. The fourth-order valence-corrected chi connectivity index (χ4v) is 2.13. The molecule has 0 aliphatic carbocycles. The molecule has 0 spiro atoms. The molecule has 0 aromatic carbocycles. The van der Waals surface area contributed by atoms with E-state index in [-0.39, 0.29) is 18.1 Å². The smallest absolute Gasteiger partial charge is 0.251 e. The molecule has 1 unspecified atom stereocenters. The van der Waals surface area contributed by atoms with Gasteiger partial charge in [0, 0.05) is 18.1 Å². The second-order valence-electron chi connectivity index (χ2n) is 5.67. The highest BCUT2D eigenvalue weighted by Gasteiger charge is 2.25. The van der Waals surface area contributed by atoms with Gasteiger partial charge in [0.2, 0.25) is 0 Å².